The molecule has 2 N–H and O–H groups in total. The first-order valence-electron chi connectivity index (χ1n) is 5.88. The highest BCUT2D eigenvalue weighted by atomic mass is 127. The number of anilines is 1. The summed E-state index contributed by atoms with van der Waals surface area (Å²) in [6.45, 7) is 1.92. The molecule has 1 unspecified atom stereocenters. The van der Waals surface area contributed by atoms with Crippen LogP contribution in [0.5, 0.6) is 0 Å². The van der Waals surface area contributed by atoms with Crippen molar-refractivity contribution < 1.29 is 0 Å². The Labute approximate surface area is 114 Å². The summed E-state index contributed by atoms with van der Waals surface area (Å²) in [6, 6.07) is 0.441. The predicted molar refractivity (Wildman–Crippen MR) is 76.5 cm³/mol. The fraction of sp³-hybridized carbons (Fsp3) is 0.636. The van der Waals surface area contributed by atoms with Gasteiger partial charge in [0, 0.05) is 19.1 Å². The van der Waals surface area contributed by atoms with Crippen molar-refractivity contribution in [3.63, 3.8) is 0 Å². The molecule has 0 aromatic carbocycles. The van der Waals surface area contributed by atoms with Gasteiger partial charge in [0.15, 0.2) is 0 Å². The van der Waals surface area contributed by atoms with Crippen molar-refractivity contribution in [1.29, 1.82) is 0 Å². The van der Waals surface area contributed by atoms with Crippen LogP contribution in [0.15, 0.2) is 11.1 Å². The van der Waals surface area contributed by atoms with Crippen molar-refractivity contribution in [3.8, 4) is 0 Å². The van der Waals surface area contributed by atoms with E-state index in [9.17, 15) is 4.79 Å². The number of rotatable bonds is 3. The van der Waals surface area contributed by atoms with Crippen LogP contribution in [0.25, 0.3) is 0 Å². The van der Waals surface area contributed by atoms with Crippen molar-refractivity contribution in [1.82, 2.24) is 15.3 Å². The molecule has 1 aliphatic rings. The lowest BCUT2D eigenvalue weighted by Crippen LogP contribution is -2.46. The van der Waals surface area contributed by atoms with E-state index < -0.39 is 0 Å². The Kier molecular flexibility index (Phi) is 4.38. The van der Waals surface area contributed by atoms with Crippen molar-refractivity contribution in [2.75, 3.05) is 25.0 Å². The van der Waals surface area contributed by atoms with Crippen LogP contribution in [0.3, 0.4) is 0 Å². The molecule has 2 heterocycles. The molecule has 2 rings (SSSR count). The fourth-order valence-corrected chi connectivity index (χ4v) is 2.91. The second-order valence-electron chi connectivity index (χ2n) is 4.27. The first-order chi connectivity index (χ1) is 8.24. The summed E-state index contributed by atoms with van der Waals surface area (Å²) in [6.07, 6.45) is 5.07. The third-order valence-corrected chi connectivity index (χ3v) is 4.09. The predicted octanol–water partition coefficient (Wildman–Crippen LogP) is 0.953. The lowest BCUT2D eigenvalue weighted by Gasteiger charge is -2.36. The van der Waals surface area contributed by atoms with E-state index in [1.54, 1.807) is 0 Å². The highest BCUT2D eigenvalue weighted by molar-refractivity contribution is 14.1. The zero-order chi connectivity index (χ0) is 12.3. The van der Waals surface area contributed by atoms with Gasteiger partial charge in [0.05, 0.1) is 6.33 Å². The van der Waals surface area contributed by atoms with Gasteiger partial charge in [-0.2, -0.15) is 0 Å². The summed E-state index contributed by atoms with van der Waals surface area (Å²) in [4.78, 5) is 20.8. The largest absolute Gasteiger partial charge is 0.351 e. The molecule has 0 radical (unpaired) electrons. The van der Waals surface area contributed by atoms with Crippen LogP contribution in [-0.4, -0.2) is 36.1 Å². The first-order valence-corrected chi connectivity index (χ1v) is 6.96. The molecule has 6 heteroatoms. The van der Waals surface area contributed by atoms with Gasteiger partial charge in [-0.05, 0) is 48.9 Å². The summed E-state index contributed by atoms with van der Waals surface area (Å²) in [5.41, 5.74) is -0.0515. The van der Waals surface area contributed by atoms with Gasteiger partial charge >= 0.3 is 0 Å². The molecule has 0 saturated carbocycles. The molecule has 1 atom stereocenters. The van der Waals surface area contributed by atoms with Gasteiger partial charge in [0.25, 0.3) is 5.56 Å². The summed E-state index contributed by atoms with van der Waals surface area (Å²) < 4.78 is 0.688. The van der Waals surface area contributed by atoms with Crippen LogP contribution in [0.4, 0.5) is 5.82 Å². The lowest BCUT2D eigenvalue weighted by molar-refractivity contribution is 0.442. The second kappa shape index (κ2) is 5.81. The molecule has 1 fully saturated rings. The van der Waals surface area contributed by atoms with Crippen LogP contribution in [0.2, 0.25) is 0 Å². The summed E-state index contributed by atoms with van der Waals surface area (Å²) in [5.74, 6) is 0.828. The normalized spacial score (nSPS) is 20.6. The minimum absolute atomic E-state index is 0.0515. The SMILES string of the molecule is CNCC1CCCCN1c1nc[nH]c(=O)c1I. The van der Waals surface area contributed by atoms with Gasteiger partial charge in [0.1, 0.15) is 9.39 Å². The molecular formula is C11H17IN4O. The van der Waals surface area contributed by atoms with Crippen LogP contribution in [0.1, 0.15) is 19.3 Å². The molecule has 0 bridgehead atoms. The smallest absolute Gasteiger partial charge is 0.266 e. The van der Waals surface area contributed by atoms with E-state index >= 15 is 0 Å². The number of H-pyrrole nitrogens is 1. The Bertz CT molecular complexity index is 432. The summed E-state index contributed by atoms with van der Waals surface area (Å²) in [5, 5.41) is 3.21. The van der Waals surface area contributed by atoms with Crippen molar-refractivity contribution >= 4 is 28.4 Å². The number of hydrogen-bond donors (Lipinski definition) is 2. The number of likely N-dealkylation sites (N-methyl/N-ethyl adjacent to an activating group) is 1. The molecule has 17 heavy (non-hydrogen) atoms. The Morgan fingerprint density at radius 2 is 2.47 bits per heavy atom. The highest BCUT2D eigenvalue weighted by Gasteiger charge is 2.25. The standard InChI is InChI=1S/C11H17IN4O/c1-13-6-8-4-2-3-5-16(8)10-9(12)11(17)15-7-14-10/h7-8,13H,2-6H2,1H3,(H,14,15,17). The van der Waals surface area contributed by atoms with Gasteiger partial charge in [-0.1, -0.05) is 0 Å². The topological polar surface area (TPSA) is 61.0 Å². The Morgan fingerprint density at radius 1 is 1.65 bits per heavy atom. The van der Waals surface area contributed by atoms with Gasteiger partial charge in [-0.25, -0.2) is 4.98 Å². The van der Waals surface area contributed by atoms with E-state index in [-0.39, 0.29) is 5.56 Å². The number of nitrogens with zero attached hydrogens (tertiary/aromatic N) is 2. The van der Waals surface area contributed by atoms with E-state index in [2.05, 4.69) is 42.8 Å². The molecule has 0 spiro atoms. The maximum absolute atomic E-state index is 11.6. The van der Waals surface area contributed by atoms with Gasteiger partial charge in [-0.3, -0.25) is 4.79 Å². The van der Waals surface area contributed by atoms with E-state index in [0.29, 0.717) is 9.61 Å². The number of hydrogen-bond acceptors (Lipinski definition) is 4. The molecule has 1 aliphatic heterocycles. The maximum atomic E-state index is 11.6. The van der Waals surface area contributed by atoms with E-state index in [1.165, 1.54) is 19.2 Å². The molecule has 5 nitrogen and oxygen atoms in total. The molecule has 1 saturated heterocycles. The molecular weight excluding hydrogens is 331 g/mol. The number of aromatic amines is 1. The van der Waals surface area contributed by atoms with Gasteiger partial charge in [0.2, 0.25) is 0 Å². The van der Waals surface area contributed by atoms with E-state index in [0.717, 1.165) is 25.3 Å². The monoisotopic (exact) mass is 348 g/mol. The maximum Gasteiger partial charge on any atom is 0.266 e. The number of halogens is 1. The zero-order valence-electron chi connectivity index (χ0n) is 9.87. The first kappa shape index (κ1) is 12.8. The number of nitrogens with one attached hydrogen (secondary N) is 2. The third-order valence-electron chi connectivity index (χ3n) is 3.12. The Balaban J connectivity index is 2.29. The fourth-order valence-electron chi connectivity index (χ4n) is 2.30. The summed E-state index contributed by atoms with van der Waals surface area (Å²) >= 11 is 2.08. The van der Waals surface area contributed by atoms with Crippen LogP contribution < -0.4 is 15.8 Å². The Hall–Kier alpha value is -0.630. The van der Waals surface area contributed by atoms with Crippen LogP contribution in [-0.2, 0) is 0 Å². The van der Waals surface area contributed by atoms with Gasteiger partial charge < -0.3 is 15.2 Å². The highest BCUT2D eigenvalue weighted by Crippen LogP contribution is 2.24. The van der Waals surface area contributed by atoms with Crippen LogP contribution >= 0.6 is 22.6 Å². The van der Waals surface area contributed by atoms with Crippen LogP contribution in [0, 0.1) is 3.57 Å². The zero-order valence-corrected chi connectivity index (χ0v) is 12.0. The van der Waals surface area contributed by atoms with Crippen molar-refractivity contribution in [2.45, 2.75) is 25.3 Å². The lowest BCUT2D eigenvalue weighted by atomic mass is 10.0. The number of aromatic nitrogens is 2. The molecule has 1 aromatic rings. The minimum Gasteiger partial charge on any atom is -0.351 e. The molecule has 0 aliphatic carbocycles. The molecule has 94 valence electrons. The third kappa shape index (κ3) is 2.79. The van der Waals surface area contributed by atoms with Crippen molar-refractivity contribution in [2.24, 2.45) is 0 Å². The average molecular weight is 348 g/mol. The quantitative estimate of drug-likeness (QED) is 0.799. The van der Waals surface area contributed by atoms with E-state index in [4.69, 9.17) is 0 Å². The molecule has 0 amide bonds. The minimum atomic E-state index is -0.0515. The average Bonchev–Trinajstić information content (AvgIpc) is 2.34. The van der Waals surface area contributed by atoms with Gasteiger partial charge in [-0.15, -0.1) is 0 Å². The Morgan fingerprint density at radius 3 is 3.24 bits per heavy atom. The molecule has 1 aromatic heterocycles. The second-order valence-corrected chi connectivity index (χ2v) is 5.35. The number of piperidine rings is 1. The van der Waals surface area contributed by atoms with E-state index in [1.807, 2.05) is 7.05 Å². The van der Waals surface area contributed by atoms with Crippen molar-refractivity contribution in [3.05, 3.63) is 20.3 Å². The summed E-state index contributed by atoms with van der Waals surface area (Å²) in [7, 11) is 1.96.